The number of nitrogens with zero attached hydrogens (tertiary/aromatic N) is 4. The molecule has 0 aromatic carbocycles. The number of carbonyl (C=O) groups is 1. The SMILES string of the molecule is COc1ncc(Cl)cc1-n1cnc(C(=O)[O-])n1.[Na+]. The molecule has 2 heterocycles. The summed E-state index contributed by atoms with van der Waals surface area (Å²) in [6, 6.07) is 1.53. The number of hydrogen-bond donors (Lipinski definition) is 0. The third-order valence-corrected chi connectivity index (χ3v) is 2.12. The van der Waals surface area contributed by atoms with Gasteiger partial charge in [-0.25, -0.2) is 14.6 Å². The molecule has 0 aliphatic carbocycles. The first-order valence-electron chi connectivity index (χ1n) is 4.44. The molecule has 0 amide bonds. The number of hydrogen-bond acceptors (Lipinski definition) is 6. The van der Waals surface area contributed by atoms with Gasteiger partial charge in [-0.3, -0.25) is 0 Å². The average Bonchev–Trinajstić information content (AvgIpc) is 2.78. The largest absolute Gasteiger partial charge is 1.00 e. The number of pyridine rings is 1. The van der Waals surface area contributed by atoms with Gasteiger partial charge in [0.25, 0.3) is 0 Å². The van der Waals surface area contributed by atoms with E-state index >= 15 is 0 Å². The summed E-state index contributed by atoms with van der Waals surface area (Å²) in [6.07, 6.45) is 2.61. The summed E-state index contributed by atoms with van der Waals surface area (Å²) in [6.45, 7) is 0. The maximum absolute atomic E-state index is 10.5. The van der Waals surface area contributed by atoms with Gasteiger partial charge in [-0.2, -0.15) is 0 Å². The molecule has 2 aromatic heterocycles. The fourth-order valence-electron chi connectivity index (χ4n) is 1.21. The van der Waals surface area contributed by atoms with Crippen LogP contribution in [0, 0.1) is 0 Å². The van der Waals surface area contributed by atoms with E-state index in [9.17, 15) is 9.90 Å². The van der Waals surface area contributed by atoms with E-state index in [2.05, 4.69) is 15.1 Å². The van der Waals surface area contributed by atoms with Gasteiger partial charge in [-0.1, -0.05) is 11.6 Å². The van der Waals surface area contributed by atoms with Crippen LogP contribution in [0.4, 0.5) is 0 Å². The van der Waals surface area contributed by atoms with Crippen molar-refractivity contribution >= 4 is 17.6 Å². The first kappa shape index (κ1) is 14.9. The molecule has 2 aromatic rings. The van der Waals surface area contributed by atoms with Gasteiger partial charge in [0.05, 0.1) is 12.1 Å². The van der Waals surface area contributed by atoms with Crippen molar-refractivity contribution in [3.05, 3.63) is 29.4 Å². The summed E-state index contributed by atoms with van der Waals surface area (Å²) in [4.78, 5) is 18.0. The first-order valence-corrected chi connectivity index (χ1v) is 4.82. The Hall–Kier alpha value is -1.15. The molecule has 7 nitrogen and oxygen atoms in total. The van der Waals surface area contributed by atoms with Crippen LogP contribution in [0.1, 0.15) is 10.6 Å². The van der Waals surface area contributed by atoms with Crippen LogP contribution in [0.15, 0.2) is 18.6 Å². The van der Waals surface area contributed by atoms with Gasteiger partial charge in [-0.15, -0.1) is 5.10 Å². The predicted octanol–water partition coefficient (Wildman–Crippen LogP) is -3.31. The third kappa shape index (κ3) is 2.99. The number of carbonyl (C=O) groups excluding carboxylic acids is 1. The van der Waals surface area contributed by atoms with Crippen molar-refractivity contribution in [1.82, 2.24) is 19.7 Å². The Morgan fingerprint density at radius 3 is 2.78 bits per heavy atom. The molecule has 2 rings (SSSR count). The van der Waals surface area contributed by atoms with Crippen molar-refractivity contribution in [1.29, 1.82) is 0 Å². The zero-order valence-electron chi connectivity index (χ0n) is 9.62. The Balaban J connectivity index is 0.00000162. The molecule has 9 heteroatoms. The minimum atomic E-state index is -1.46. The first-order chi connectivity index (χ1) is 8.11. The molecule has 0 spiro atoms. The molecule has 18 heavy (non-hydrogen) atoms. The van der Waals surface area contributed by atoms with Gasteiger partial charge in [0.15, 0.2) is 5.82 Å². The van der Waals surface area contributed by atoms with E-state index in [1.165, 1.54) is 30.4 Å². The number of aromatic carboxylic acids is 1. The fraction of sp³-hybridized carbons (Fsp3) is 0.111. The second-order valence-corrected chi connectivity index (χ2v) is 3.42. The maximum Gasteiger partial charge on any atom is 1.00 e. The van der Waals surface area contributed by atoms with Gasteiger partial charge >= 0.3 is 29.6 Å². The van der Waals surface area contributed by atoms with Crippen molar-refractivity contribution in [2.45, 2.75) is 0 Å². The summed E-state index contributed by atoms with van der Waals surface area (Å²) < 4.78 is 6.20. The van der Waals surface area contributed by atoms with E-state index in [0.717, 1.165) is 0 Å². The molecule has 0 radical (unpaired) electrons. The van der Waals surface area contributed by atoms with Crippen LogP contribution in [0.3, 0.4) is 0 Å². The number of rotatable bonds is 3. The minimum absolute atomic E-state index is 0. The van der Waals surface area contributed by atoms with Crippen LogP contribution in [-0.2, 0) is 0 Å². The Morgan fingerprint density at radius 2 is 2.22 bits per heavy atom. The molecule has 0 saturated carbocycles. The van der Waals surface area contributed by atoms with Crippen molar-refractivity contribution in [2.24, 2.45) is 0 Å². The van der Waals surface area contributed by atoms with Crippen molar-refractivity contribution in [3.63, 3.8) is 0 Å². The number of carboxylic acid groups (broad SMARTS) is 1. The van der Waals surface area contributed by atoms with Crippen molar-refractivity contribution in [3.8, 4) is 11.6 Å². The second-order valence-electron chi connectivity index (χ2n) is 2.98. The maximum atomic E-state index is 10.5. The average molecular weight is 277 g/mol. The molecule has 0 aliphatic heterocycles. The molecule has 0 N–H and O–H groups in total. The minimum Gasteiger partial charge on any atom is -0.541 e. The number of carboxylic acids is 1. The Kier molecular flexibility index (Phi) is 5.09. The van der Waals surface area contributed by atoms with E-state index in [4.69, 9.17) is 16.3 Å². The smallest absolute Gasteiger partial charge is 0.541 e. The summed E-state index contributed by atoms with van der Waals surface area (Å²) in [7, 11) is 1.43. The molecule has 0 aliphatic rings. The molecule has 88 valence electrons. The van der Waals surface area contributed by atoms with Crippen LogP contribution in [0.25, 0.3) is 5.69 Å². The van der Waals surface area contributed by atoms with Crippen LogP contribution >= 0.6 is 11.6 Å². The van der Waals surface area contributed by atoms with Gasteiger partial charge in [0.1, 0.15) is 18.0 Å². The molecule has 0 bridgehead atoms. The quantitative estimate of drug-likeness (QED) is 0.545. The van der Waals surface area contributed by atoms with Gasteiger partial charge in [0.2, 0.25) is 5.88 Å². The van der Waals surface area contributed by atoms with Gasteiger partial charge in [-0.05, 0) is 6.07 Å². The molecule has 0 fully saturated rings. The van der Waals surface area contributed by atoms with E-state index < -0.39 is 11.8 Å². The zero-order chi connectivity index (χ0) is 12.4. The number of halogens is 1. The van der Waals surface area contributed by atoms with E-state index in [0.29, 0.717) is 10.7 Å². The van der Waals surface area contributed by atoms with Crippen LogP contribution < -0.4 is 39.4 Å². The van der Waals surface area contributed by atoms with E-state index in [1.807, 2.05) is 0 Å². The number of aromatic nitrogens is 4. The summed E-state index contributed by atoms with van der Waals surface area (Å²) in [5.41, 5.74) is 0.389. The standard InChI is InChI=1S/C9H7ClN4O3.Na/c1-17-8-6(2-5(10)3-11-8)14-4-12-7(13-14)9(15)16;/h2-4H,1H3,(H,15,16);/q;+1/p-1. The third-order valence-electron chi connectivity index (χ3n) is 1.91. The molecule has 0 atom stereocenters. The van der Waals surface area contributed by atoms with Gasteiger partial charge in [0, 0.05) is 6.20 Å². The Morgan fingerprint density at radius 1 is 1.50 bits per heavy atom. The van der Waals surface area contributed by atoms with E-state index in [-0.39, 0.29) is 35.4 Å². The zero-order valence-corrected chi connectivity index (χ0v) is 12.4. The molecular weight excluding hydrogens is 271 g/mol. The van der Waals surface area contributed by atoms with Crippen molar-refractivity contribution < 1.29 is 44.2 Å². The Labute approximate surface area is 129 Å². The topological polar surface area (TPSA) is 93.0 Å². The predicted molar refractivity (Wildman–Crippen MR) is 55.0 cm³/mol. The molecular formula is C9H6ClN4NaO3. The number of ether oxygens (including phenoxy) is 1. The van der Waals surface area contributed by atoms with Gasteiger partial charge < -0.3 is 14.6 Å². The normalized spacial score (nSPS) is 9.67. The summed E-state index contributed by atoms with van der Waals surface area (Å²) in [5.74, 6) is -1.63. The molecule has 0 saturated heterocycles. The monoisotopic (exact) mass is 276 g/mol. The Bertz CT molecular complexity index is 575. The second kappa shape index (κ2) is 6.14. The summed E-state index contributed by atoms with van der Waals surface area (Å²) in [5, 5.41) is 14.6. The van der Waals surface area contributed by atoms with Crippen LogP contribution in [0.2, 0.25) is 5.02 Å². The number of methoxy groups -OCH3 is 1. The van der Waals surface area contributed by atoms with Crippen LogP contribution in [-0.4, -0.2) is 32.8 Å². The summed E-state index contributed by atoms with van der Waals surface area (Å²) >= 11 is 5.78. The van der Waals surface area contributed by atoms with E-state index in [1.54, 1.807) is 0 Å². The van der Waals surface area contributed by atoms with Crippen LogP contribution in [0.5, 0.6) is 5.88 Å². The molecule has 0 unspecified atom stereocenters. The van der Waals surface area contributed by atoms with Crippen molar-refractivity contribution in [2.75, 3.05) is 7.11 Å². The fourth-order valence-corrected chi connectivity index (χ4v) is 1.36.